The van der Waals surface area contributed by atoms with Gasteiger partial charge in [-0.3, -0.25) is 0 Å². The van der Waals surface area contributed by atoms with Crippen LogP contribution in [0.3, 0.4) is 0 Å². The molecule has 2 aromatic rings. The van der Waals surface area contributed by atoms with E-state index in [0.29, 0.717) is 11.6 Å². The predicted molar refractivity (Wildman–Crippen MR) is 83.2 cm³/mol. The summed E-state index contributed by atoms with van der Waals surface area (Å²) in [5.41, 5.74) is 9.54. The lowest BCUT2D eigenvalue weighted by Gasteiger charge is -2.23. The first-order valence-corrected chi connectivity index (χ1v) is 7.32. The van der Waals surface area contributed by atoms with Crippen LogP contribution in [0.2, 0.25) is 5.02 Å². The average Bonchev–Trinajstić information content (AvgIpc) is 2.70. The van der Waals surface area contributed by atoms with E-state index in [4.69, 9.17) is 17.3 Å². The van der Waals surface area contributed by atoms with Crippen molar-refractivity contribution in [3.8, 4) is 0 Å². The summed E-state index contributed by atoms with van der Waals surface area (Å²) in [6, 6.07) is 10.5. The van der Waals surface area contributed by atoms with Crippen molar-refractivity contribution in [2.75, 3.05) is 18.0 Å². The molecule has 0 bridgehead atoms. The molecule has 1 aliphatic rings. The lowest BCUT2D eigenvalue weighted by Crippen LogP contribution is -2.27. The maximum Gasteiger partial charge on any atom is 0.147 e. The molecule has 0 unspecified atom stereocenters. The number of anilines is 1. The topological polar surface area (TPSA) is 42.1 Å². The number of halogens is 1. The highest BCUT2D eigenvalue weighted by Gasteiger charge is 2.18. The van der Waals surface area contributed by atoms with Crippen LogP contribution in [0.1, 0.15) is 16.7 Å². The fourth-order valence-corrected chi connectivity index (χ4v) is 3.04. The van der Waals surface area contributed by atoms with Crippen LogP contribution in [-0.2, 0) is 19.4 Å². The first-order valence-electron chi connectivity index (χ1n) is 6.95. The van der Waals surface area contributed by atoms with Gasteiger partial charge in [-0.05, 0) is 35.6 Å². The van der Waals surface area contributed by atoms with Gasteiger partial charge in [0.15, 0.2) is 0 Å². The molecule has 2 heterocycles. The molecule has 4 heteroatoms. The van der Waals surface area contributed by atoms with Crippen LogP contribution in [-0.4, -0.2) is 18.1 Å². The minimum atomic E-state index is 0.447. The molecular weight excluding hydrogens is 270 g/mol. The Labute approximate surface area is 124 Å². The number of pyridine rings is 1. The number of hydrogen-bond acceptors (Lipinski definition) is 3. The van der Waals surface area contributed by atoms with E-state index in [-0.39, 0.29) is 0 Å². The highest BCUT2D eigenvalue weighted by atomic mass is 35.5. The first kappa shape index (κ1) is 13.4. The molecule has 0 saturated heterocycles. The molecule has 0 aliphatic carbocycles. The van der Waals surface area contributed by atoms with Crippen LogP contribution >= 0.6 is 11.6 Å². The molecule has 3 rings (SSSR count). The number of rotatable bonds is 2. The minimum Gasteiger partial charge on any atom is -0.355 e. The van der Waals surface area contributed by atoms with Crippen molar-refractivity contribution in [3.63, 3.8) is 0 Å². The molecule has 1 aromatic heterocycles. The maximum absolute atomic E-state index is 6.42. The maximum atomic E-state index is 6.42. The third-order valence-electron chi connectivity index (χ3n) is 3.89. The zero-order chi connectivity index (χ0) is 13.9. The van der Waals surface area contributed by atoms with E-state index in [1.165, 1.54) is 11.1 Å². The second-order valence-electron chi connectivity index (χ2n) is 5.07. The van der Waals surface area contributed by atoms with E-state index in [9.17, 15) is 0 Å². The number of aromatic nitrogens is 1. The SMILES string of the molecule is NCc1ccnc(N2CCc3ccccc3CC2)c1Cl. The van der Waals surface area contributed by atoms with Gasteiger partial charge in [-0.25, -0.2) is 4.98 Å². The monoisotopic (exact) mass is 287 g/mol. The Kier molecular flexibility index (Phi) is 3.90. The van der Waals surface area contributed by atoms with E-state index >= 15 is 0 Å². The molecule has 104 valence electrons. The molecule has 0 amide bonds. The van der Waals surface area contributed by atoms with Gasteiger partial charge in [0, 0.05) is 25.8 Å². The number of benzene rings is 1. The summed E-state index contributed by atoms with van der Waals surface area (Å²) in [7, 11) is 0. The van der Waals surface area contributed by atoms with Gasteiger partial charge in [-0.2, -0.15) is 0 Å². The van der Waals surface area contributed by atoms with Crippen molar-refractivity contribution < 1.29 is 0 Å². The van der Waals surface area contributed by atoms with Gasteiger partial charge in [0.05, 0.1) is 5.02 Å². The standard InChI is InChI=1S/C16H18ClN3/c17-15-14(11-18)5-8-19-16(15)20-9-6-12-3-1-2-4-13(12)7-10-20/h1-5,8H,6-7,9-11,18H2. The average molecular weight is 288 g/mol. The first-order chi connectivity index (χ1) is 9.79. The van der Waals surface area contributed by atoms with Crippen molar-refractivity contribution in [2.24, 2.45) is 5.73 Å². The van der Waals surface area contributed by atoms with Gasteiger partial charge < -0.3 is 10.6 Å². The molecule has 0 saturated carbocycles. The Morgan fingerprint density at radius 2 is 1.75 bits per heavy atom. The van der Waals surface area contributed by atoms with Crippen molar-refractivity contribution in [1.82, 2.24) is 4.98 Å². The summed E-state index contributed by atoms with van der Waals surface area (Å²) < 4.78 is 0. The Bertz CT molecular complexity index is 585. The molecule has 3 nitrogen and oxygen atoms in total. The zero-order valence-electron chi connectivity index (χ0n) is 11.3. The lowest BCUT2D eigenvalue weighted by atomic mass is 10.0. The number of nitrogens with two attached hydrogens (primary N) is 1. The summed E-state index contributed by atoms with van der Waals surface area (Å²) in [4.78, 5) is 6.72. The third-order valence-corrected chi connectivity index (χ3v) is 4.30. The van der Waals surface area contributed by atoms with Crippen molar-refractivity contribution in [2.45, 2.75) is 19.4 Å². The predicted octanol–water partition coefficient (Wildman–Crippen LogP) is 2.80. The normalized spacial score (nSPS) is 14.8. The van der Waals surface area contributed by atoms with Gasteiger partial charge >= 0.3 is 0 Å². The zero-order valence-corrected chi connectivity index (χ0v) is 12.1. The Morgan fingerprint density at radius 3 is 2.35 bits per heavy atom. The Hall–Kier alpha value is -1.58. The van der Waals surface area contributed by atoms with E-state index in [1.807, 2.05) is 6.07 Å². The number of fused-ring (bicyclic) bond motifs is 1. The molecule has 2 N–H and O–H groups in total. The van der Waals surface area contributed by atoms with E-state index < -0.39 is 0 Å². The van der Waals surface area contributed by atoms with E-state index in [1.54, 1.807) is 6.20 Å². The molecular formula is C16H18ClN3. The summed E-state index contributed by atoms with van der Waals surface area (Å²) in [5, 5.41) is 0.695. The third kappa shape index (κ3) is 2.51. The Morgan fingerprint density at radius 1 is 1.10 bits per heavy atom. The Balaban J connectivity index is 1.87. The van der Waals surface area contributed by atoms with Crippen LogP contribution in [0.25, 0.3) is 0 Å². The van der Waals surface area contributed by atoms with Gasteiger partial charge in [0.1, 0.15) is 5.82 Å². The van der Waals surface area contributed by atoms with Gasteiger partial charge in [0.25, 0.3) is 0 Å². The largest absolute Gasteiger partial charge is 0.355 e. The second-order valence-corrected chi connectivity index (χ2v) is 5.45. The molecule has 0 fully saturated rings. The van der Waals surface area contributed by atoms with Crippen LogP contribution in [0.5, 0.6) is 0 Å². The second kappa shape index (κ2) is 5.81. The summed E-state index contributed by atoms with van der Waals surface area (Å²) in [6.07, 6.45) is 3.85. The number of nitrogens with zero attached hydrogens (tertiary/aromatic N) is 2. The molecule has 20 heavy (non-hydrogen) atoms. The van der Waals surface area contributed by atoms with Gasteiger partial charge in [-0.15, -0.1) is 0 Å². The lowest BCUT2D eigenvalue weighted by molar-refractivity contribution is 0.789. The van der Waals surface area contributed by atoms with Crippen LogP contribution < -0.4 is 10.6 Å². The van der Waals surface area contributed by atoms with Crippen LogP contribution in [0.4, 0.5) is 5.82 Å². The van der Waals surface area contributed by atoms with Gasteiger partial charge in [-0.1, -0.05) is 35.9 Å². The van der Waals surface area contributed by atoms with E-state index in [0.717, 1.165) is 37.3 Å². The summed E-state index contributed by atoms with van der Waals surface area (Å²) in [6.45, 7) is 2.33. The highest BCUT2D eigenvalue weighted by molar-refractivity contribution is 6.33. The quantitative estimate of drug-likeness (QED) is 0.923. The smallest absolute Gasteiger partial charge is 0.147 e. The van der Waals surface area contributed by atoms with E-state index in [2.05, 4.69) is 34.1 Å². The molecule has 0 atom stereocenters. The molecule has 0 spiro atoms. The number of hydrogen-bond donors (Lipinski definition) is 1. The summed E-state index contributed by atoms with van der Waals surface area (Å²) >= 11 is 6.42. The molecule has 0 radical (unpaired) electrons. The van der Waals surface area contributed by atoms with Gasteiger partial charge in [0.2, 0.25) is 0 Å². The molecule has 1 aliphatic heterocycles. The molecule has 1 aromatic carbocycles. The van der Waals surface area contributed by atoms with Crippen molar-refractivity contribution in [1.29, 1.82) is 0 Å². The van der Waals surface area contributed by atoms with Crippen LogP contribution in [0.15, 0.2) is 36.5 Å². The highest BCUT2D eigenvalue weighted by Crippen LogP contribution is 2.28. The fourth-order valence-electron chi connectivity index (χ4n) is 2.73. The van der Waals surface area contributed by atoms with Crippen LogP contribution in [0, 0.1) is 0 Å². The minimum absolute atomic E-state index is 0.447. The van der Waals surface area contributed by atoms with Crippen molar-refractivity contribution >= 4 is 17.4 Å². The van der Waals surface area contributed by atoms with Crippen molar-refractivity contribution in [3.05, 3.63) is 58.2 Å². The summed E-state index contributed by atoms with van der Waals surface area (Å²) in [5.74, 6) is 0.863. The fraction of sp³-hybridized carbons (Fsp3) is 0.312.